The van der Waals surface area contributed by atoms with Crippen molar-refractivity contribution in [2.24, 2.45) is 0 Å². The predicted molar refractivity (Wildman–Crippen MR) is 134 cm³/mol. The molecule has 0 saturated carbocycles. The molecule has 2 amide bonds. The highest BCUT2D eigenvalue weighted by molar-refractivity contribution is 8.76. The summed E-state index contributed by atoms with van der Waals surface area (Å²) in [6.07, 6.45) is 1.28. The molecule has 0 aromatic heterocycles. The topological polar surface area (TPSA) is 129 Å². The van der Waals surface area contributed by atoms with Crippen LogP contribution >= 0.6 is 21.6 Å². The van der Waals surface area contributed by atoms with E-state index in [0.717, 1.165) is 0 Å². The zero-order valence-corrected chi connectivity index (χ0v) is 22.3. The molecule has 0 radical (unpaired) electrons. The van der Waals surface area contributed by atoms with Crippen LogP contribution in [0.15, 0.2) is 25.3 Å². The number of nitrogens with one attached hydrogen (secondary N) is 2. The van der Waals surface area contributed by atoms with Gasteiger partial charge in [-0.2, -0.15) is 0 Å². The molecule has 0 bridgehead atoms. The van der Waals surface area contributed by atoms with Crippen LogP contribution in [0.5, 0.6) is 0 Å². The molecule has 12 heteroatoms. The molecular weight excluding hydrogens is 484 g/mol. The highest BCUT2D eigenvalue weighted by Crippen LogP contribution is 2.24. The summed E-state index contributed by atoms with van der Waals surface area (Å²) in [5.41, 5.74) is -1.48. The van der Waals surface area contributed by atoms with E-state index in [9.17, 15) is 19.2 Å². The Morgan fingerprint density at radius 2 is 1.06 bits per heavy atom. The van der Waals surface area contributed by atoms with Gasteiger partial charge in [-0.3, -0.25) is 0 Å². The predicted octanol–water partition coefficient (Wildman–Crippen LogP) is 3.61. The minimum absolute atomic E-state index is 0.0137. The van der Waals surface area contributed by atoms with Gasteiger partial charge in [-0.05, 0) is 41.5 Å². The number of esters is 2. The first-order valence-corrected chi connectivity index (χ1v) is 13.0. The van der Waals surface area contributed by atoms with Crippen molar-refractivity contribution in [2.45, 2.75) is 64.8 Å². The molecule has 34 heavy (non-hydrogen) atoms. The van der Waals surface area contributed by atoms with Crippen molar-refractivity contribution in [1.82, 2.24) is 10.6 Å². The van der Waals surface area contributed by atoms with Crippen LogP contribution in [0.25, 0.3) is 0 Å². The Labute approximate surface area is 209 Å². The number of hydrogen-bond donors (Lipinski definition) is 2. The third kappa shape index (κ3) is 16.3. The van der Waals surface area contributed by atoms with E-state index in [-0.39, 0.29) is 24.7 Å². The molecule has 0 rings (SSSR count). The fourth-order valence-corrected chi connectivity index (χ4v) is 4.25. The number of amides is 2. The summed E-state index contributed by atoms with van der Waals surface area (Å²) in [7, 11) is 2.39. The maximum absolute atomic E-state index is 12.3. The van der Waals surface area contributed by atoms with Gasteiger partial charge in [0.2, 0.25) is 0 Å². The summed E-state index contributed by atoms with van der Waals surface area (Å²) in [4.78, 5) is 48.8. The van der Waals surface area contributed by atoms with Crippen molar-refractivity contribution in [1.29, 1.82) is 0 Å². The number of rotatable bonds is 13. The fourth-order valence-electron chi connectivity index (χ4n) is 1.95. The monoisotopic (exact) mass is 520 g/mol. The Kier molecular flexibility index (Phi) is 14.5. The minimum Gasteiger partial charge on any atom is -0.460 e. The molecule has 2 N–H and O–H groups in total. The first-order valence-electron chi connectivity index (χ1n) is 10.5. The molecule has 0 unspecified atom stereocenters. The van der Waals surface area contributed by atoms with Crippen LogP contribution in [-0.4, -0.2) is 72.1 Å². The van der Waals surface area contributed by atoms with E-state index in [1.807, 2.05) is 0 Å². The number of carbonyl (C=O) groups is 4. The third-order valence-electron chi connectivity index (χ3n) is 3.19. The maximum Gasteiger partial charge on any atom is 0.408 e. The summed E-state index contributed by atoms with van der Waals surface area (Å²) in [5.74, 6) is -1.10. The van der Waals surface area contributed by atoms with Gasteiger partial charge in [-0.25, -0.2) is 19.2 Å². The van der Waals surface area contributed by atoms with E-state index in [2.05, 4.69) is 23.8 Å². The quantitative estimate of drug-likeness (QED) is 0.122. The van der Waals surface area contributed by atoms with Gasteiger partial charge in [0.25, 0.3) is 0 Å². The summed E-state index contributed by atoms with van der Waals surface area (Å²) >= 11 is 0. The van der Waals surface area contributed by atoms with Crippen LogP contribution in [0.4, 0.5) is 9.59 Å². The fraction of sp³-hybridized carbons (Fsp3) is 0.636. The van der Waals surface area contributed by atoms with Crippen LogP contribution in [0, 0.1) is 0 Å². The van der Waals surface area contributed by atoms with E-state index in [4.69, 9.17) is 18.9 Å². The summed E-state index contributed by atoms with van der Waals surface area (Å²) in [6.45, 7) is 17.1. The van der Waals surface area contributed by atoms with E-state index < -0.39 is 47.4 Å². The highest BCUT2D eigenvalue weighted by Gasteiger charge is 2.28. The van der Waals surface area contributed by atoms with Crippen molar-refractivity contribution >= 4 is 45.7 Å². The average molecular weight is 521 g/mol. The normalized spacial score (nSPS) is 13.0. The number of hydrogen-bond acceptors (Lipinski definition) is 10. The van der Waals surface area contributed by atoms with Crippen molar-refractivity contribution in [3.8, 4) is 0 Å². The number of alkyl carbamates (subject to hydrolysis) is 2. The first kappa shape index (κ1) is 31.7. The lowest BCUT2D eigenvalue weighted by molar-refractivity contribution is -0.145. The Morgan fingerprint density at radius 1 is 0.735 bits per heavy atom. The molecule has 0 aromatic carbocycles. The van der Waals surface area contributed by atoms with Crippen LogP contribution in [-0.2, 0) is 28.5 Å². The third-order valence-corrected chi connectivity index (χ3v) is 5.61. The Balaban J connectivity index is 5.04. The molecule has 2 atom stereocenters. The van der Waals surface area contributed by atoms with E-state index in [0.29, 0.717) is 0 Å². The van der Waals surface area contributed by atoms with Gasteiger partial charge in [-0.1, -0.05) is 46.9 Å². The van der Waals surface area contributed by atoms with Gasteiger partial charge in [0.15, 0.2) is 0 Å². The second kappa shape index (κ2) is 15.5. The molecular formula is C22H36N2O8S2. The smallest absolute Gasteiger partial charge is 0.408 e. The van der Waals surface area contributed by atoms with Crippen LogP contribution in [0.3, 0.4) is 0 Å². The standard InChI is InChI=1S/C22H36N2O8S2/c1-9-11-29-17(25)15(23-19(27)31-21(3,4)5)13-33-34-14-16(18(26)30-12-10-2)24-20(28)32-22(6,7)8/h9-10,15-16H,1-2,11-14H2,3-8H3,(H,23,27)(H,24,28)/t15-,16-/m0/s1. The van der Waals surface area contributed by atoms with E-state index in [1.54, 1.807) is 41.5 Å². The van der Waals surface area contributed by atoms with Crippen molar-refractivity contribution < 1.29 is 38.1 Å². The van der Waals surface area contributed by atoms with Gasteiger partial charge in [-0.15, -0.1) is 0 Å². The van der Waals surface area contributed by atoms with Crippen LogP contribution < -0.4 is 10.6 Å². The summed E-state index contributed by atoms with van der Waals surface area (Å²) in [6, 6.07) is -2.01. The van der Waals surface area contributed by atoms with E-state index >= 15 is 0 Å². The maximum atomic E-state index is 12.3. The van der Waals surface area contributed by atoms with Crippen LogP contribution in [0.2, 0.25) is 0 Å². The Morgan fingerprint density at radius 3 is 1.32 bits per heavy atom. The summed E-state index contributed by atoms with van der Waals surface area (Å²) < 4.78 is 20.5. The van der Waals surface area contributed by atoms with Crippen LogP contribution in [0.1, 0.15) is 41.5 Å². The van der Waals surface area contributed by atoms with Gasteiger partial charge < -0.3 is 29.6 Å². The second-order valence-electron chi connectivity index (χ2n) is 8.80. The van der Waals surface area contributed by atoms with Gasteiger partial charge in [0.1, 0.15) is 36.5 Å². The Hall–Kier alpha value is -2.34. The summed E-state index contributed by atoms with van der Waals surface area (Å²) in [5, 5.41) is 4.96. The van der Waals surface area contributed by atoms with Crippen molar-refractivity contribution in [3.63, 3.8) is 0 Å². The number of carbonyl (C=O) groups excluding carboxylic acids is 4. The molecule has 0 heterocycles. The van der Waals surface area contributed by atoms with Crippen molar-refractivity contribution in [2.75, 3.05) is 24.7 Å². The lowest BCUT2D eigenvalue weighted by atomic mass is 10.2. The molecule has 0 aliphatic carbocycles. The lowest BCUT2D eigenvalue weighted by Gasteiger charge is -2.23. The highest BCUT2D eigenvalue weighted by atomic mass is 33.1. The molecule has 10 nitrogen and oxygen atoms in total. The Bertz CT molecular complexity index is 657. The molecule has 0 spiro atoms. The first-order chi connectivity index (χ1) is 15.7. The largest absolute Gasteiger partial charge is 0.460 e. The molecule has 0 saturated heterocycles. The van der Waals surface area contributed by atoms with Crippen molar-refractivity contribution in [3.05, 3.63) is 25.3 Å². The molecule has 0 aromatic rings. The molecule has 0 aliphatic heterocycles. The van der Waals surface area contributed by atoms with Gasteiger partial charge in [0, 0.05) is 11.5 Å². The molecule has 194 valence electrons. The SMILES string of the molecule is C=CCOC(=O)[C@H](CSSC[C@H](NC(=O)OC(C)(C)C)C(=O)OCC=C)NC(=O)OC(C)(C)C. The van der Waals surface area contributed by atoms with E-state index in [1.165, 1.54) is 33.7 Å². The lowest BCUT2D eigenvalue weighted by Crippen LogP contribution is -2.46. The minimum atomic E-state index is -1.00. The zero-order valence-electron chi connectivity index (χ0n) is 20.6. The average Bonchev–Trinajstić information content (AvgIpc) is 2.68. The second-order valence-corrected chi connectivity index (χ2v) is 11.4. The zero-order chi connectivity index (χ0) is 26.4. The molecule has 0 aliphatic rings. The van der Waals surface area contributed by atoms with Gasteiger partial charge in [0.05, 0.1) is 0 Å². The number of ether oxygens (including phenoxy) is 4. The van der Waals surface area contributed by atoms with Gasteiger partial charge >= 0.3 is 24.1 Å². The molecule has 0 fully saturated rings.